The smallest absolute Gasteiger partial charge is 0.476 e. The molecule has 6 heteroatoms. The Morgan fingerprint density at radius 3 is 1.34 bits per heavy atom. The van der Waals surface area contributed by atoms with Gasteiger partial charge in [-0.1, -0.05) is 137 Å². The molecule has 61 heavy (non-hydrogen) atoms. The molecular weight excluding hydrogens is 932 g/mol. The van der Waals surface area contributed by atoms with Gasteiger partial charge >= 0.3 is 21.1 Å². The molecule has 300 valence electrons. The van der Waals surface area contributed by atoms with E-state index in [1.807, 2.05) is 48.5 Å². The molecule has 0 saturated carbocycles. The molecule has 0 atom stereocenters. The molecule has 0 aliphatic carbocycles. The first-order valence-electron chi connectivity index (χ1n) is 20.5. The van der Waals surface area contributed by atoms with Gasteiger partial charge in [-0.05, 0) is 92.6 Å². The second kappa shape index (κ2) is 14.1. The maximum absolute atomic E-state index is 6.90. The number of benzene rings is 6. The summed E-state index contributed by atoms with van der Waals surface area (Å²) in [6, 6.07) is 57.3. The van der Waals surface area contributed by atoms with Crippen LogP contribution in [0.2, 0.25) is 0 Å². The molecule has 0 bridgehead atoms. The number of hydrogen-bond donors (Lipinski definition) is 0. The van der Waals surface area contributed by atoms with Crippen molar-refractivity contribution in [2.45, 2.75) is 57.8 Å². The van der Waals surface area contributed by atoms with Gasteiger partial charge < -0.3 is 13.6 Å². The molecule has 4 aromatic heterocycles. The quantitative estimate of drug-likeness (QED) is 0.164. The monoisotopic (exact) mass is 973 g/mol. The van der Waals surface area contributed by atoms with Crippen LogP contribution in [-0.4, -0.2) is 9.97 Å². The van der Waals surface area contributed by atoms with Crippen molar-refractivity contribution in [1.82, 2.24) is 9.97 Å². The molecule has 1 aliphatic heterocycles. The molecule has 0 radical (unpaired) electrons. The third-order valence-electron chi connectivity index (χ3n) is 12.2. The van der Waals surface area contributed by atoms with Crippen molar-refractivity contribution in [2.24, 2.45) is 0 Å². The number of para-hydroxylation sites is 2. The summed E-state index contributed by atoms with van der Waals surface area (Å²) in [5.74, 6) is 1.54. The molecule has 0 amide bonds. The molecular formula is C55H42N2O3Pt. The van der Waals surface area contributed by atoms with E-state index in [4.69, 9.17) is 23.5 Å². The van der Waals surface area contributed by atoms with Crippen molar-refractivity contribution in [3.8, 4) is 34.0 Å². The molecule has 0 saturated heterocycles. The van der Waals surface area contributed by atoms with E-state index in [-0.39, 0.29) is 31.9 Å². The molecule has 5 heterocycles. The fourth-order valence-corrected chi connectivity index (χ4v) is 8.91. The molecule has 0 spiro atoms. The first-order valence-corrected chi connectivity index (χ1v) is 20.5. The largest absolute Gasteiger partial charge is 2.00 e. The first kappa shape index (κ1) is 38.9. The summed E-state index contributed by atoms with van der Waals surface area (Å²) < 4.78 is 19.6. The average Bonchev–Trinajstić information content (AvgIpc) is 3.82. The van der Waals surface area contributed by atoms with Crippen LogP contribution in [-0.2, 0) is 37.3 Å². The predicted molar refractivity (Wildman–Crippen MR) is 241 cm³/mol. The summed E-state index contributed by atoms with van der Waals surface area (Å²) in [5.41, 5.74) is 11.2. The summed E-state index contributed by atoms with van der Waals surface area (Å²) in [4.78, 5) is 11.3. The maximum Gasteiger partial charge on any atom is 2.00 e. The summed E-state index contributed by atoms with van der Waals surface area (Å²) in [7, 11) is 0. The summed E-state index contributed by atoms with van der Waals surface area (Å²) in [6.07, 6.45) is 0. The van der Waals surface area contributed by atoms with Gasteiger partial charge in [-0.2, -0.15) is 0 Å². The molecule has 5 nitrogen and oxygen atoms in total. The maximum atomic E-state index is 6.90. The Bertz CT molecular complexity index is 3120. The molecule has 11 rings (SSSR count). The Hall–Kier alpha value is -6.29. The van der Waals surface area contributed by atoms with Gasteiger partial charge in [0.15, 0.2) is 0 Å². The van der Waals surface area contributed by atoms with E-state index < -0.39 is 5.41 Å². The number of furan rings is 2. The molecule has 0 unspecified atom stereocenters. The minimum absolute atomic E-state index is 0. The van der Waals surface area contributed by atoms with Crippen LogP contribution >= 0.6 is 0 Å². The van der Waals surface area contributed by atoms with Crippen molar-refractivity contribution in [1.29, 1.82) is 0 Å². The van der Waals surface area contributed by atoms with Gasteiger partial charge in [0, 0.05) is 11.1 Å². The molecule has 0 N–H and O–H groups in total. The average molecular weight is 974 g/mol. The Morgan fingerprint density at radius 2 is 0.902 bits per heavy atom. The van der Waals surface area contributed by atoms with Gasteiger partial charge in [0.25, 0.3) is 0 Å². The second-order valence-corrected chi connectivity index (χ2v) is 18.0. The van der Waals surface area contributed by atoms with Crippen LogP contribution in [0.4, 0.5) is 0 Å². The van der Waals surface area contributed by atoms with Crippen LogP contribution in [0, 0.1) is 12.1 Å². The Labute approximate surface area is 369 Å². The number of nitrogens with zero attached hydrogens (tertiary/aromatic N) is 2. The SMILES string of the molecule is CC(C)(C)c1ccc2c(c1)C(c1cccc(-c3[c-]cc4c(c3)oc3ccccc34)n1)(c1cccc(-c3[c-]cc4c(c3)oc3ccccc34)n1)c1cc(C(C)(C)C)ccc1O2.[Pt+2]. The van der Waals surface area contributed by atoms with Gasteiger partial charge in [-0.15, -0.1) is 35.4 Å². The number of rotatable bonds is 4. The van der Waals surface area contributed by atoms with E-state index in [2.05, 4.69) is 151 Å². The summed E-state index contributed by atoms with van der Waals surface area (Å²) in [5, 5.41) is 4.19. The fraction of sp³-hybridized carbons (Fsp3) is 0.164. The third kappa shape index (κ3) is 6.24. The van der Waals surface area contributed by atoms with Crippen molar-refractivity contribution in [3.05, 3.63) is 191 Å². The third-order valence-corrected chi connectivity index (χ3v) is 12.2. The Morgan fingerprint density at radius 1 is 0.459 bits per heavy atom. The minimum atomic E-state index is -1.01. The van der Waals surface area contributed by atoms with Crippen LogP contribution in [0.5, 0.6) is 11.5 Å². The molecule has 1 aliphatic rings. The summed E-state index contributed by atoms with van der Waals surface area (Å²) in [6.45, 7) is 13.5. The van der Waals surface area contributed by atoms with E-state index in [1.54, 1.807) is 0 Å². The van der Waals surface area contributed by atoms with Crippen molar-refractivity contribution >= 4 is 43.9 Å². The van der Waals surface area contributed by atoms with Gasteiger partial charge in [0.1, 0.15) is 28.1 Å². The van der Waals surface area contributed by atoms with Gasteiger partial charge in [-0.25, -0.2) is 0 Å². The van der Waals surface area contributed by atoms with E-state index >= 15 is 0 Å². The van der Waals surface area contributed by atoms with Crippen LogP contribution in [0.1, 0.15) is 75.2 Å². The Kier molecular flexibility index (Phi) is 9.02. The zero-order valence-electron chi connectivity index (χ0n) is 34.8. The van der Waals surface area contributed by atoms with Crippen molar-refractivity contribution in [2.75, 3.05) is 0 Å². The van der Waals surface area contributed by atoms with Crippen LogP contribution < -0.4 is 4.74 Å². The molecule has 6 aromatic carbocycles. The van der Waals surface area contributed by atoms with E-state index in [9.17, 15) is 0 Å². The van der Waals surface area contributed by atoms with Crippen LogP contribution in [0.15, 0.2) is 154 Å². The second-order valence-electron chi connectivity index (χ2n) is 18.0. The van der Waals surface area contributed by atoms with E-state index in [0.29, 0.717) is 0 Å². The number of hydrogen-bond acceptors (Lipinski definition) is 5. The number of aromatic nitrogens is 2. The van der Waals surface area contributed by atoms with E-state index in [0.717, 1.165) is 100 Å². The Balaban J connectivity index is 0.00000445. The zero-order valence-corrected chi connectivity index (χ0v) is 37.1. The van der Waals surface area contributed by atoms with Crippen LogP contribution in [0.25, 0.3) is 66.4 Å². The van der Waals surface area contributed by atoms with Crippen molar-refractivity contribution in [3.63, 3.8) is 0 Å². The van der Waals surface area contributed by atoms with Crippen LogP contribution in [0.3, 0.4) is 0 Å². The fourth-order valence-electron chi connectivity index (χ4n) is 8.91. The number of ether oxygens (including phenoxy) is 1. The van der Waals surface area contributed by atoms with E-state index in [1.165, 1.54) is 11.1 Å². The van der Waals surface area contributed by atoms with Gasteiger partial charge in [0.2, 0.25) is 0 Å². The molecule has 10 aromatic rings. The number of pyridine rings is 2. The van der Waals surface area contributed by atoms with Crippen molar-refractivity contribution < 1.29 is 34.6 Å². The summed E-state index contributed by atoms with van der Waals surface area (Å²) >= 11 is 0. The normalized spacial score (nSPS) is 13.5. The van der Waals surface area contributed by atoms with Gasteiger partial charge in [0.05, 0.1) is 22.6 Å². The minimum Gasteiger partial charge on any atom is -0.476 e. The molecule has 0 fully saturated rings. The first-order chi connectivity index (χ1) is 28.9. The number of fused-ring (bicyclic) bond motifs is 8. The topological polar surface area (TPSA) is 61.3 Å². The van der Waals surface area contributed by atoms with Gasteiger partial charge in [-0.3, -0.25) is 9.97 Å². The standard InChI is InChI=1S/C55H42N2O3.Pt/c1-53(2,3)35-23-27-47-41(31-35)55(42-32-36(54(4,5)6)24-28-48(42)60-47,51-19-11-15-43(56-51)33-21-25-39-37-13-7-9-17-45(37)58-49(39)29-33)52-20-12-16-44(57-52)34-22-26-40-38-14-8-10-18-46(38)59-50(40)30-34;/h7-20,23-32H,1-6H3;/q-2;+2. The predicted octanol–water partition coefficient (Wildman–Crippen LogP) is 14.3. The zero-order chi connectivity index (χ0) is 41.0.